The second kappa shape index (κ2) is 7.23. The molecule has 0 atom stereocenters. The fourth-order valence-corrected chi connectivity index (χ4v) is 3.42. The van der Waals surface area contributed by atoms with Crippen LogP contribution in [0.15, 0.2) is 36.4 Å². The summed E-state index contributed by atoms with van der Waals surface area (Å²) in [5.74, 6) is -0.215. The normalized spacial score (nSPS) is 10.9. The maximum Gasteiger partial charge on any atom is 0.170 e. The first-order valence-electron chi connectivity index (χ1n) is 8.32. The largest absolute Gasteiger partial charge is 0.362 e. The zero-order valence-electron chi connectivity index (χ0n) is 14.7. The zero-order valence-corrected chi connectivity index (χ0v) is 15.5. The number of hydrogen-bond acceptors (Lipinski definition) is 1. The summed E-state index contributed by atoms with van der Waals surface area (Å²) in [6.45, 7) is 6.82. The number of hydrogen-bond donors (Lipinski definition) is 3. The maximum atomic E-state index is 13.5. The maximum absolute atomic E-state index is 13.5. The molecule has 0 amide bonds. The molecule has 130 valence electrons. The van der Waals surface area contributed by atoms with Crippen molar-refractivity contribution in [3.8, 4) is 0 Å². The number of anilines is 1. The minimum Gasteiger partial charge on any atom is -0.362 e. The zero-order chi connectivity index (χ0) is 18.0. The third kappa shape index (κ3) is 4.17. The van der Waals surface area contributed by atoms with Gasteiger partial charge in [-0.1, -0.05) is 6.07 Å². The molecule has 1 heterocycles. The second-order valence-electron chi connectivity index (χ2n) is 6.43. The number of nitrogens with one attached hydrogen (secondary N) is 3. The summed E-state index contributed by atoms with van der Waals surface area (Å²) in [7, 11) is 0. The van der Waals surface area contributed by atoms with Gasteiger partial charge in [0.2, 0.25) is 0 Å². The van der Waals surface area contributed by atoms with Crippen LogP contribution in [0, 0.1) is 26.6 Å². The molecule has 2 aromatic carbocycles. The summed E-state index contributed by atoms with van der Waals surface area (Å²) in [6, 6.07) is 11.1. The Kier molecular flexibility index (Phi) is 5.04. The first kappa shape index (κ1) is 17.4. The fraction of sp³-hybridized carbons (Fsp3) is 0.250. The third-order valence-corrected chi connectivity index (χ3v) is 4.47. The first-order valence-corrected chi connectivity index (χ1v) is 8.73. The van der Waals surface area contributed by atoms with Crippen LogP contribution in [-0.2, 0) is 6.42 Å². The molecule has 0 spiro atoms. The highest BCUT2D eigenvalue weighted by Gasteiger charge is 2.09. The van der Waals surface area contributed by atoms with Crippen molar-refractivity contribution in [3.63, 3.8) is 0 Å². The van der Waals surface area contributed by atoms with Gasteiger partial charge in [0.05, 0.1) is 0 Å². The van der Waals surface area contributed by atoms with Crippen LogP contribution >= 0.6 is 12.2 Å². The smallest absolute Gasteiger partial charge is 0.170 e. The van der Waals surface area contributed by atoms with Gasteiger partial charge in [-0.3, -0.25) is 0 Å². The number of thiocarbonyl (C=S) groups is 1. The summed E-state index contributed by atoms with van der Waals surface area (Å²) in [6.07, 6.45) is 0.768. The molecule has 0 aliphatic rings. The van der Waals surface area contributed by atoms with Gasteiger partial charge in [0.25, 0.3) is 0 Å². The predicted molar refractivity (Wildman–Crippen MR) is 107 cm³/mol. The number of aryl methyl sites for hydroxylation is 3. The van der Waals surface area contributed by atoms with Gasteiger partial charge in [0.15, 0.2) is 5.11 Å². The molecule has 0 radical (unpaired) electrons. The van der Waals surface area contributed by atoms with Gasteiger partial charge in [-0.2, -0.15) is 0 Å². The SMILES string of the molecule is Cc1cc(C)cc(NC(=S)NCCc2c(C)[nH]c3ccc(F)cc23)c1. The van der Waals surface area contributed by atoms with Crippen LogP contribution in [0.1, 0.15) is 22.4 Å². The van der Waals surface area contributed by atoms with E-state index < -0.39 is 0 Å². The average Bonchev–Trinajstić information content (AvgIpc) is 2.82. The van der Waals surface area contributed by atoms with E-state index in [0.29, 0.717) is 11.7 Å². The van der Waals surface area contributed by atoms with E-state index in [2.05, 4.69) is 47.7 Å². The standard InChI is InChI=1S/C20H22FN3S/c1-12-8-13(2)10-16(9-12)24-20(25)22-7-6-17-14(3)23-19-5-4-15(21)11-18(17)19/h4-5,8-11,23H,6-7H2,1-3H3,(H2,22,24,25). The van der Waals surface area contributed by atoms with Gasteiger partial charge in [-0.05, 0) is 86.4 Å². The van der Waals surface area contributed by atoms with Crippen LogP contribution in [0.3, 0.4) is 0 Å². The Bertz CT molecular complexity index is 910. The van der Waals surface area contributed by atoms with Crippen molar-refractivity contribution in [1.29, 1.82) is 0 Å². The van der Waals surface area contributed by atoms with Crippen molar-refractivity contribution in [2.24, 2.45) is 0 Å². The van der Waals surface area contributed by atoms with E-state index in [1.165, 1.54) is 17.2 Å². The van der Waals surface area contributed by atoms with E-state index in [1.54, 1.807) is 12.1 Å². The van der Waals surface area contributed by atoms with Gasteiger partial charge in [-0.25, -0.2) is 4.39 Å². The van der Waals surface area contributed by atoms with Crippen LogP contribution in [0.5, 0.6) is 0 Å². The summed E-state index contributed by atoms with van der Waals surface area (Å²) in [5.41, 5.74) is 6.53. The lowest BCUT2D eigenvalue weighted by molar-refractivity contribution is 0.629. The minimum absolute atomic E-state index is 0.215. The molecule has 25 heavy (non-hydrogen) atoms. The molecular formula is C20H22FN3S. The molecule has 3 N–H and O–H groups in total. The molecule has 3 rings (SSSR count). The fourth-order valence-electron chi connectivity index (χ4n) is 3.20. The number of benzene rings is 2. The topological polar surface area (TPSA) is 39.8 Å². The highest BCUT2D eigenvalue weighted by atomic mass is 32.1. The number of fused-ring (bicyclic) bond motifs is 1. The van der Waals surface area contributed by atoms with Crippen molar-refractivity contribution in [3.05, 3.63) is 64.6 Å². The van der Waals surface area contributed by atoms with Crippen LogP contribution < -0.4 is 10.6 Å². The van der Waals surface area contributed by atoms with Crippen molar-refractivity contribution in [1.82, 2.24) is 10.3 Å². The Labute approximate surface area is 152 Å². The van der Waals surface area contributed by atoms with Gasteiger partial charge in [0.1, 0.15) is 5.82 Å². The third-order valence-electron chi connectivity index (χ3n) is 4.22. The Morgan fingerprint density at radius 3 is 2.52 bits per heavy atom. The van der Waals surface area contributed by atoms with Crippen molar-refractivity contribution in [2.75, 3.05) is 11.9 Å². The summed E-state index contributed by atoms with van der Waals surface area (Å²) in [4.78, 5) is 3.30. The van der Waals surface area contributed by atoms with E-state index in [1.807, 2.05) is 6.92 Å². The average molecular weight is 355 g/mol. The summed E-state index contributed by atoms with van der Waals surface area (Å²) in [5, 5.41) is 7.97. The molecule has 0 aliphatic heterocycles. The highest BCUT2D eigenvalue weighted by Crippen LogP contribution is 2.23. The quantitative estimate of drug-likeness (QED) is 0.591. The summed E-state index contributed by atoms with van der Waals surface area (Å²) < 4.78 is 13.5. The predicted octanol–water partition coefficient (Wildman–Crippen LogP) is 4.76. The Balaban J connectivity index is 1.62. The van der Waals surface area contributed by atoms with E-state index in [9.17, 15) is 4.39 Å². The lowest BCUT2D eigenvalue weighted by Crippen LogP contribution is -2.30. The van der Waals surface area contributed by atoms with Gasteiger partial charge >= 0.3 is 0 Å². The molecular weight excluding hydrogens is 333 g/mol. The van der Waals surface area contributed by atoms with Gasteiger partial charge < -0.3 is 15.6 Å². The summed E-state index contributed by atoms with van der Waals surface area (Å²) >= 11 is 5.38. The van der Waals surface area contributed by atoms with E-state index in [0.717, 1.165) is 34.3 Å². The Hall–Kier alpha value is -2.40. The van der Waals surface area contributed by atoms with Crippen molar-refractivity contribution >= 4 is 33.9 Å². The van der Waals surface area contributed by atoms with Crippen LogP contribution in [0.4, 0.5) is 10.1 Å². The Morgan fingerprint density at radius 2 is 1.80 bits per heavy atom. The molecule has 3 nitrogen and oxygen atoms in total. The lowest BCUT2D eigenvalue weighted by atomic mass is 10.1. The molecule has 0 saturated heterocycles. The van der Waals surface area contributed by atoms with E-state index in [-0.39, 0.29) is 5.82 Å². The lowest BCUT2D eigenvalue weighted by Gasteiger charge is -2.12. The monoisotopic (exact) mass is 355 g/mol. The number of H-pyrrole nitrogens is 1. The number of aromatic nitrogens is 1. The van der Waals surface area contributed by atoms with Gasteiger partial charge in [-0.15, -0.1) is 0 Å². The van der Waals surface area contributed by atoms with Gasteiger partial charge in [0, 0.05) is 28.8 Å². The molecule has 1 aromatic heterocycles. The molecule has 0 aliphatic carbocycles. The molecule has 3 aromatic rings. The van der Waals surface area contributed by atoms with Crippen LogP contribution in [0.2, 0.25) is 0 Å². The second-order valence-corrected chi connectivity index (χ2v) is 6.83. The molecule has 0 bridgehead atoms. The van der Waals surface area contributed by atoms with E-state index >= 15 is 0 Å². The molecule has 0 saturated carbocycles. The van der Waals surface area contributed by atoms with Crippen LogP contribution in [-0.4, -0.2) is 16.6 Å². The van der Waals surface area contributed by atoms with Crippen LogP contribution in [0.25, 0.3) is 10.9 Å². The highest BCUT2D eigenvalue weighted by molar-refractivity contribution is 7.80. The van der Waals surface area contributed by atoms with Crippen molar-refractivity contribution < 1.29 is 4.39 Å². The molecule has 0 fully saturated rings. The molecule has 5 heteroatoms. The molecule has 0 unspecified atom stereocenters. The van der Waals surface area contributed by atoms with E-state index in [4.69, 9.17) is 12.2 Å². The number of halogens is 1. The number of rotatable bonds is 4. The number of aromatic amines is 1. The first-order chi connectivity index (χ1) is 11.9. The Morgan fingerprint density at radius 1 is 1.08 bits per heavy atom. The van der Waals surface area contributed by atoms with Crippen molar-refractivity contribution in [2.45, 2.75) is 27.2 Å². The minimum atomic E-state index is -0.215.